The number of hydrogen-bond acceptors (Lipinski definition) is 3. The van der Waals surface area contributed by atoms with Crippen molar-refractivity contribution in [3.8, 4) is 0 Å². The summed E-state index contributed by atoms with van der Waals surface area (Å²) in [7, 11) is 0. The summed E-state index contributed by atoms with van der Waals surface area (Å²) in [6.45, 7) is 4.05. The smallest absolute Gasteiger partial charge is 0.146 e. The highest BCUT2D eigenvalue weighted by Gasteiger charge is 2.41. The van der Waals surface area contributed by atoms with Crippen LogP contribution < -0.4 is 0 Å². The Bertz CT molecular complexity index is 383. The number of rotatable bonds is 1. The van der Waals surface area contributed by atoms with Crippen molar-refractivity contribution in [2.24, 2.45) is 11.3 Å². The van der Waals surface area contributed by atoms with Gasteiger partial charge in [-0.05, 0) is 29.9 Å². The van der Waals surface area contributed by atoms with Gasteiger partial charge in [0.05, 0.1) is 12.2 Å². The van der Waals surface area contributed by atoms with E-state index in [-0.39, 0.29) is 11.3 Å². The van der Waals surface area contributed by atoms with Crippen molar-refractivity contribution in [1.82, 2.24) is 0 Å². The van der Waals surface area contributed by atoms with Gasteiger partial charge in [-0.15, -0.1) is 0 Å². The Morgan fingerprint density at radius 3 is 2.82 bits per heavy atom. The van der Waals surface area contributed by atoms with E-state index in [1.54, 1.807) is 6.08 Å². The molecule has 0 aromatic heterocycles. The lowest BCUT2D eigenvalue weighted by Gasteiger charge is -2.40. The topological polar surface area (TPSA) is 57.5 Å². The quantitative estimate of drug-likeness (QED) is 0.680. The first-order valence-corrected chi connectivity index (χ1v) is 6.22. The molecule has 2 N–H and O–H groups in total. The summed E-state index contributed by atoms with van der Waals surface area (Å²) in [6, 6.07) is 0. The van der Waals surface area contributed by atoms with E-state index >= 15 is 0 Å². The van der Waals surface area contributed by atoms with Crippen LogP contribution >= 0.6 is 0 Å². The lowest BCUT2D eigenvalue weighted by molar-refractivity contribution is -0.105. The second-order valence-electron chi connectivity index (χ2n) is 5.56. The molecule has 0 fully saturated rings. The predicted octanol–water partition coefficient (Wildman–Crippen LogP) is 1.60. The Hall–Kier alpha value is -0.930. The summed E-state index contributed by atoms with van der Waals surface area (Å²) in [6.07, 6.45) is 5.53. The fourth-order valence-electron chi connectivity index (χ4n) is 2.83. The molecule has 0 aliphatic heterocycles. The monoisotopic (exact) mass is 236 g/mol. The Balaban J connectivity index is 2.47. The van der Waals surface area contributed by atoms with Crippen LogP contribution in [0.15, 0.2) is 23.3 Å². The predicted molar refractivity (Wildman–Crippen MR) is 65.4 cm³/mol. The van der Waals surface area contributed by atoms with Gasteiger partial charge in [-0.2, -0.15) is 0 Å². The van der Waals surface area contributed by atoms with Crippen molar-refractivity contribution in [2.45, 2.75) is 45.3 Å². The third-order valence-corrected chi connectivity index (χ3v) is 4.36. The van der Waals surface area contributed by atoms with Crippen molar-refractivity contribution in [2.75, 3.05) is 0 Å². The van der Waals surface area contributed by atoms with Crippen LogP contribution in [0.25, 0.3) is 0 Å². The maximum Gasteiger partial charge on any atom is 0.146 e. The standard InChI is InChI=1S/C14H20O3/c1-9-3-4-14(2)11(5-10(9)8-15)6-12(16)7-13(14)17/h5-6,8-9,12-13,16-17H,3-4,7H2,1-2H3/t9-,12+,13+,14+/m0/s1. The number of allylic oxidation sites excluding steroid dienone is 2. The van der Waals surface area contributed by atoms with E-state index in [0.717, 1.165) is 30.3 Å². The molecule has 0 aromatic carbocycles. The highest BCUT2D eigenvalue weighted by atomic mass is 16.3. The molecule has 0 bridgehead atoms. The molecule has 0 radical (unpaired) electrons. The molecular formula is C14H20O3. The average Bonchev–Trinajstić information content (AvgIpc) is 2.40. The molecule has 0 saturated carbocycles. The number of carbonyl (C=O) groups excluding carboxylic acids is 1. The van der Waals surface area contributed by atoms with Crippen molar-refractivity contribution in [3.63, 3.8) is 0 Å². The van der Waals surface area contributed by atoms with E-state index in [0.29, 0.717) is 6.42 Å². The molecule has 2 rings (SSSR count). The van der Waals surface area contributed by atoms with Crippen molar-refractivity contribution in [1.29, 1.82) is 0 Å². The summed E-state index contributed by atoms with van der Waals surface area (Å²) in [4.78, 5) is 11.0. The van der Waals surface area contributed by atoms with Gasteiger partial charge >= 0.3 is 0 Å². The molecule has 0 spiro atoms. The largest absolute Gasteiger partial charge is 0.392 e. The first-order valence-electron chi connectivity index (χ1n) is 6.22. The lowest BCUT2D eigenvalue weighted by atomic mass is 9.69. The van der Waals surface area contributed by atoms with Gasteiger partial charge in [0, 0.05) is 11.8 Å². The van der Waals surface area contributed by atoms with Gasteiger partial charge in [0.2, 0.25) is 0 Å². The van der Waals surface area contributed by atoms with E-state index in [1.165, 1.54) is 0 Å². The molecule has 0 saturated heterocycles. The zero-order valence-corrected chi connectivity index (χ0v) is 10.4. The summed E-state index contributed by atoms with van der Waals surface area (Å²) < 4.78 is 0. The van der Waals surface area contributed by atoms with Crippen LogP contribution in [0.5, 0.6) is 0 Å². The first-order chi connectivity index (χ1) is 7.97. The van der Waals surface area contributed by atoms with Crippen LogP contribution in [0.3, 0.4) is 0 Å². The fraction of sp³-hybridized carbons (Fsp3) is 0.643. The highest BCUT2D eigenvalue weighted by Crippen LogP contribution is 2.45. The molecule has 17 heavy (non-hydrogen) atoms. The first kappa shape index (κ1) is 12.5. The number of hydrogen-bond donors (Lipinski definition) is 2. The molecule has 94 valence electrons. The van der Waals surface area contributed by atoms with Crippen LogP contribution in [0.1, 0.15) is 33.1 Å². The van der Waals surface area contributed by atoms with Gasteiger partial charge in [-0.25, -0.2) is 0 Å². The lowest BCUT2D eigenvalue weighted by Crippen LogP contribution is -2.39. The average molecular weight is 236 g/mol. The molecule has 0 amide bonds. The molecular weight excluding hydrogens is 216 g/mol. The maximum absolute atomic E-state index is 11.0. The zero-order chi connectivity index (χ0) is 12.6. The number of aliphatic hydroxyl groups excluding tert-OH is 2. The van der Waals surface area contributed by atoms with E-state index in [2.05, 4.69) is 0 Å². The van der Waals surface area contributed by atoms with Gasteiger partial charge in [0.15, 0.2) is 0 Å². The Morgan fingerprint density at radius 1 is 1.47 bits per heavy atom. The molecule has 2 aliphatic carbocycles. The molecule has 3 nitrogen and oxygen atoms in total. The van der Waals surface area contributed by atoms with Crippen LogP contribution in [0.4, 0.5) is 0 Å². The molecule has 0 aromatic rings. The van der Waals surface area contributed by atoms with E-state index in [1.807, 2.05) is 19.9 Å². The van der Waals surface area contributed by atoms with Crippen molar-refractivity contribution in [3.05, 3.63) is 23.3 Å². The molecule has 3 heteroatoms. The number of carbonyl (C=O) groups is 1. The van der Waals surface area contributed by atoms with Gasteiger partial charge < -0.3 is 10.2 Å². The second kappa shape index (κ2) is 4.39. The number of fused-ring (bicyclic) bond motifs is 1. The molecule has 0 heterocycles. The van der Waals surface area contributed by atoms with Crippen LogP contribution in [-0.2, 0) is 4.79 Å². The number of aliphatic hydroxyl groups is 2. The number of aldehydes is 1. The van der Waals surface area contributed by atoms with Crippen molar-refractivity contribution < 1.29 is 15.0 Å². The summed E-state index contributed by atoms with van der Waals surface area (Å²) in [5.41, 5.74) is 1.36. The molecule has 2 aliphatic rings. The summed E-state index contributed by atoms with van der Waals surface area (Å²) in [5.74, 6) is 0.222. The minimum Gasteiger partial charge on any atom is -0.392 e. The van der Waals surface area contributed by atoms with E-state index in [4.69, 9.17) is 0 Å². The van der Waals surface area contributed by atoms with Gasteiger partial charge in [-0.1, -0.05) is 26.0 Å². The Labute approximate surface area is 102 Å². The SMILES string of the molecule is C[C@H]1CC[C@]2(C)C(=C[C@@H](O)C[C@H]2O)C=C1C=O. The second-order valence-corrected chi connectivity index (χ2v) is 5.56. The zero-order valence-electron chi connectivity index (χ0n) is 10.4. The Kier molecular flexibility index (Phi) is 3.23. The van der Waals surface area contributed by atoms with Gasteiger partial charge in [-0.3, -0.25) is 4.79 Å². The van der Waals surface area contributed by atoms with Crippen LogP contribution in [0.2, 0.25) is 0 Å². The van der Waals surface area contributed by atoms with Crippen LogP contribution in [-0.4, -0.2) is 28.7 Å². The van der Waals surface area contributed by atoms with Crippen molar-refractivity contribution >= 4 is 6.29 Å². The third-order valence-electron chi connectivity index (χ3n) is 4.36. The minimum absolute atomic E-state index is 0.222. The summed E-state index contributed by atoms with van der Waals surface area (Å²) in [5, 5.41) is 19.9. The maximum atomic E-state index is 11.0. The fourth-order valence-corrected chi connectivity index (χ4v) is 2.83. The molecule has 0 unspecified atom stereocenters. The van der Waals surface area contributed by atoms with Gasteiger partial charge in [0.1, 0.15) is 6.29 Å². The Morgan fingerprint density at radius 2 is 2.18 bits per heavy atom. The van der Waals surface area contributed by atoms with Gasteiger partial charge in [0.25, 0.3) is 0 Å². The summed E-state index contributed by atoms with van der Waals surface area (Å²) >= 11 is 0. The minimum atomic E-state index is -0.606. The third kappa shape index (κ3) is 2.09. The molecule has 4 atom stereocenters. The highest BCUT2D eigenvalue weighted by molar-refractivity contribution is 5.75. The normalized spacial score (nSPS) is 42.0. The van der Waals surface area contributed by atoms with E-state index in [9.17, 15) is 15.0 Å². The van der Waals surface area contributed by atoms with E-state index < -0.39 is 12.2 Å². The van der Waals surface area contributed by atoms with Crippen LogP contribution in [0, 0.1) is 11.3 Å².